The van der Waals surface area contributed by atoms with Gasteiger partial charge in [0.15, 0.2) is 0 Å². The number of hydrogen-bond acceptors (Lipinski definition) is 4. The number of pyridine rings is 1. The maximum Gasteiger partial charge on any atom is 0.245 e. The lowest BCUT2D eigenvalue weighted by molar-refractivity contribution is 0.358. The quantitative estimate of drug-likeness (QED) is 0.529. The molecule has 5 nitrogen and oxygen atoms in total. The van der Waals surface area contributed by atoms with E-state index in [0.29, 0.717) is 5.76 Å². The van der Waals surface area contributed by atoms with Gasteiger partial charge in [-0.15, -0.1) is 0 Å². The third-order valence-corrected chi connectivity index (χ3v) is 5.99. The van der Waals surface area contributed by atoms with E-state index >= 15 is 0 Å². The van der Waals surface area contributed by atoms with E-state index in [4.69, 9.17) is 16.0 Å². The van der Waals surface area contributed by atoms with Crippen LogP contribution in [0.1, 0.15) is 11.3 Å². The first kappa shape index (κ1) is 18.1. The summed E-state index contributed by atoms with van der Waals surface area (Å²) in [5.74, 6) is 0.556. The van der Waals surface area contributed by atoms with Gasteiger partial charge in [-0.2, -0.15) is 4.31 Å². The summed E-state index contributed by atoms with van der Waals surface area (Å²) in [6, 6.07) is 13.9. The summed E-state index contributed by atoms with van der Waals surface area (Å²) in [5.41, 5.74) is 0.853. The van der Waals surface area contributed by atoms with Crippen LogP contribution in [0.4, 0.5) is 0 Å². The third-order valence-electron chi connectivity index (χ3n) is 3.50. The van der Waals surface area contributed by atoms with Crippen LogP contribution in [0.15, 0.2) is 74.8 Å². The molecule has 0 aliphatic heterocycles. The fourth-order valence-corrected chi connectivity index (χ4v) is 4.20. The molecule has 0 spiro atoms. The van der Waals surface area contributed by atoms with Crippen molar-refractivity contribution in [3.8, 4) is 0 Å². The lowest BCUT2D eigenvalue weighted by Gasteiger charge is -2.21. The molecule has 3 aromatic rings. The second-order valence-electron chi connectivity index (χ2n) is 5.30. The number of sulfonamides is 1. The van der Waals surface area contributed by atoms with Gasteiger partial charge < -0.3 is 4.42 Å². The minimum absolute atomic E-state index is 0.0819. The van der Waals surface area contributed by atoms with Crippen molar-refractivity contribution >= 4 is 37.6 Å². The predicted octanol–water partition coefficient (Wildman–Crippen LogP) is 4.48. The Balaban J connectivity index is 1.96. The van der Waals surface area contributed by atoms with Crippen LogP contribution in [0.25, 0.3) is 0 Å². The van der Waals surface area contributed by atoms with Crippen molar-refractivity contribution in [1.82, 2.24) is 9.29 Å². The lowest BCUT2D eigenvalue weighted by atomic mass is 10.2. The largest absolute Gasteiger partial charge is 0.468 e. The SMILES string of the molecule is O=S(=O)(c1ccc(Cl)nc1)N(Cc1cccc(Br)c1)Cc1ccco1. The smallest absolute Gasteiger partial charge is 0.245 e. The van der Waals surface area contributed by atoms with Crippen molar-refractivity contribution in [2.24, 2.45) is 0 Å². The average molecular weight is 442 g/mol. The van der Waals surface area contributed by atoms with E-state index in [2.05, 4.69) is 20.9 Å². The molecule has 2 aromatic heterocycles. The Bertz CT molecular complexity index is 944. The molecule has 0 bridgehead atoms. The molecular formula is C17H14BrClN2O3S. The van der Waals surface area contributed by atoms with E-state index in [9.17, 15) is 8.42 Å². The van der Waals surface area contributed by atoms with Gasteiger partial charge in [0.1, 0.15) is 15.8 Å². The Kier molecular flexibility index (Phi) is 5.58. The van der Waals surface area contributed by atoms with E-state index < -0.39 is 10.0 Å². The van der Waals surface area contributed by atoms with E-state index in [0.717, 1.165) is 10.0 Å². The molecule has 0 atom stereocenters. The molecule has 8 heteroatoms. The summed E-state index contributed by atoms with van der Waals surface area (Å²) in [5, 5.41) is 0.239. The van der Waals surface area contributed by atoms with Gasteiger partial charge in [-0.05, 0) is 42.0 Å². The van der Waals surface area contributed by atoms with Gasteiger partial charge in [0.2, 0.25) is 10.0 Å². The molecule has 0 N–H and O–H groups in total. The minimum atomic E-state index is -3.77. The Morgan fingerprint density at radius 1 is 1.12 bits per heavy atom. The van der Waals surface area contributed by atoms with Gasteiger partial charge in [0.05, 0.1) is 12.8 Å². The van der Waals surface area contributed by atoms with E-state index in [-0.39, 0.29) is 23.1 Å². The van der Waals surface area contributed by atoms with E-state index in [1.165, 1.54) is 28.9 Å². The molecule has 25 heavy (non-hydrogen) atoms. The summed E-state index contributed by atoms with van der Waals surface area (Å²) in [6.45, 7) is 0.315. The van der Waals surface area contributed by atoms with Gasteiger partial charge >= 0.3 is 0 Å². The van der Waals surface area contributed by atoms with Gasteiger partial charge in [-0.25, -0.2) is 13.4 Å². The van der Waals surface area contributed by atoms with Crippen molar-refractivity contribution in [2.45, 2.75) is 18.0 Å². The fraction of sp³-hybridized carbons (Fsp3) is 0.118. The Hall–Kier alpha value is -1.67. The van der Waals surface area contributed by atoms with Crippen molar-refractivity contribution in [3.05, 3.63) is 81.9 Å². The van der Waals surface area contributed by atoms with Crippen molar-refractivity contribution < 1.29 is 12.8 Å². The van der Waals surface area contributed by atoms with Crippen molar-refractivity contribution in [2.75, 3.05) is 0 Å². The van der Waals surface area contributed by atoms with Crippen LogP contribution in [-0.2, 0) is 23.1 Å². The minimum Gasteiger partial charge on any atom is -0.468 e. The van der Waals surface area contributed by atoms with Crippen molar-refractivity contribution in [3.63, 3.8) is 0 Å². The monoisotopic (exact) mass is 440 g/mol. The molecule has 0 saturated heterocycles. The molecule has 130 valence electrons. The number of rotatable bonds is 6. The number of benzene rings is 1. The number of nitrogens with zero attached hydrogens (tertiary/aromatic N) is 2. The average Bonchev–Trinajstić information content (AvgIpc) is 3.08. The first-order chi connectivity index (χ1) is 11.9. The fourth-order valence-electron chi connectivity index (χ4n) is 2.31. The normalized spacial score (nSPS) is 11.8. The van der Waals surface area contributed by atoms with Crippen LogP contribution in [0, 0.1) is 0 Å². The Labute approximate surface area is 159 Å². The molecule has 0 fully saturated rings. The van der Waals surface area contributed by atoms with Crippen molar-refractivity contribution in [1.29, 1.82) is 0 Å². The zero-order chi connectivity index (χ0) is 17.9. The first-order valence-corrected chi connectivity index (χ1v) is 9.95. The Morgan fingerprint density at radius 3 is 2.60 bits per heavy atom. The number of hydrogen-bond donors (Lipinski definition) is 0. The van der Waals surface area contributed by atoms with Crippen LogP contribution in [-0.4, -0.2) is 17.7 Å². The number of aromatic nitrogens is 1. The maximum atomic E-state index is 13.0. The third kappa shape index (κ3) is 4.49. The van der Waals surface area contributed by atoms with Gasteiger partial charge in [0.25, 0.3) is 0 Å². The van der Waals surface area contributed by atoms with Gasteiger partial charge in [-0.1, -0.05) is 39.7 Å². The Morgan fingerprint density at radius 2 is 1.96 bits per heavy atom. The molecular weight excluding hydrogens is 428 g/mol. The van der Waals surface area contributed by atoms with Crippen LogP contribution in [0.3, 0.4) is 0 Å². The number of halogens is 2. The molecule has 0 aliphatic carbocycles. The summed E-state index contributed by atoms with van der Waals surface area (Å²) in [7, 11) is -3.77. The summed E-state index contributed by atoms with van der Waals surface area (Å²) >= 11 is 9.17. The van der Waals surface area contributed by atoms with E-state index in [1.54, 1.807) is 12.1 Å². The molecule has 0 radical (unpaired) electrons. The molecule has 0 amide bonds. The highest BCUT2D eigenvalue weighted by Gasteiger charge is 2.26. The van der Waals surface area contributed by atoms with E-state index in [1.807, 2.05) is 24.3 Å². The first-order valence-electron chi connectivity index (χ1n) is 7.34. The summed E-state index contributed by atoms with van der Waals surface area (Å²) in [6.07, 6.45) is 2.77. The van der Waals surface area contributed by atoms with Crippen LogP contribution >= 0.6 is 27.5 Å². The van der Waals surface area contributed by atoms with Crippen LogP contribution in [0.2, 0.25) is 5.15 Å². The molecule has 1 aromatic carbocycles. The molecule has 3 rings (SSSR count). The zero-order valence-electron chi connectivity index (χ0n) is 13.0. The molecule has 0 saturated carbocycles. The molecule has 2 heterocycles. The van der Waals surface area contributed by atoms with Crippen LogP contribution in [0.5, 0.6) is 0 Å². The summed E-state index contributed by atoms with van der Waals surface area (Å²) in [4.78, 5) is 3.96. The highest BCUT2D eigenvalue weighted by Crippen LogP contribution is 2.23. The highest BCUT2D eigenvalue weighted by atomic mass is 79.9. The predicted molar refractivity (Wildman–Crippen MR) is 98.5 cm³/mol. The lowest BCUT2D eigenvalue weighted by Crippen LogP contribution is -2.30. The maximum absolute atomic E-state index is 13.0. The second-order valence-corrected chi connectivity index (χ2v) is 8.54. The van der Waals surface area contributed by atoms with Gasteiger partial charge in [-0.3, -0.25) is 0 Å². The number of furan rings is 1. The second kappa shape index (κ2) is 7.70. The summed E-state index contributed by atoms with van der Waals surface area (Å²) < 4.78 is 33.6. The zero-order valence-corrected chi connectivity index (χ0v) is 16.1. The highest BCUT2D eigenvalue weighted by molar-refractivity contribution is 9.10. The topological polar surface area (TPSA) is 63.4 Å². The molecule has 0 unspecified atom stereocenters. The standard InChI is InChI=1S/C17H14BrClN2O3S/c18-14-4-1-3-13(9-14)11-21(12-15-5-2-8-24-15)25(22,23)16-6-7-17(19)20-10-16/h1-10H,11-12H2. The molecule has 0 aliphatic rings. The van der Waals surface area contributed by atoms with Gasteiger partial charge in [0, 0.05) is 17.2 Å². The van der Waals surface area contributed by atoms with Crippen LogP contribution < -0.4 is 0 Å².